The molecule has 0 aliphatic carbocycles. The van der Waals surface area contributed by atoms with Crippen molar-refractivity contribution in [1.29, 1.82) is 0 Å². The van der Waals surface area contributed by atoms with E-state index in [4.69, 9.17) is 9.47 Å². The molecule has 21 heavy (non-hydrogen) atoms. The summed E-state index contributed by atoms with van der Waals surface area (Å²) < 4.78 is 38.6. The molecule has 0 aliphatic rings. The number of anilines is 1. The molecule has 2 aromatic rings. The Morgan fingerprint density at radius 3 is 2.24 bits per heavy atom. The second kappa shape index (κ2) is 6.52. The summed E-state index contributed by atoms with van der Waals surface area (Å²) in [5.74, 6) is 0.800. The molecule has 2 aromatic carbocycles. The van der Waals surface area contributed by atoms with Crippen LogP contribution in [0.3, 0.4) is 0 Å². The second-order valence-electron chi connectivity index (χ2n) is 4.10. The van der Waals surface area contributed by atoms with Crippen LogP contribution >= 0.6 is 22.6 Å². The van der Waals surface area contributed by atoms with E-state index in [1.165, 1.54) is 14.2 Å². The predicted molar refractivity (Wildman–Crippen MR) is 89.5 cm³/mol. The van der Waals surface area contributed by atoms with E-state index in [-0.39, 0.29) is 4.90 Å². The van der Waals surface area contributed by atoms with E-state index >= 15 is 0 Å². The van der Waals surface area contributed by atoms with Crippen molar-refractivity contribution in [3.8, 4) is 11.5 Å². The molecule has 0 radical (unpaired) electrons. The number of halogens is 1. The third kappa shape index (κ3) is 3.59. The molecule has 0 spiro atoms. The summed E-state index contributed by atoms with van der Waals surface area (Å²) in [4.78, 5) is 0.188. The minimum atomic E-state index is -3.68. The third-order valence-electron chi connectivity index (χ3n) is 2.77. The maximum atomic E-state index is 12.4. The number of benzene rings is 2. The molecule has 0 aliphatic heterocycles. The molecule has 7 heteroatoms. The first kappa shape index (κ1) is 15.9. The molecule has 112 valence electrons. The summed E-state index contributed by atoms with van der Waals surface area (Å²) in [5, 5.41) is 0. The summed E-state index contributed by atoms with van der Waals surface area (Å²) in [5.41, 5.74) is 0.329. The van der Waals surface area contributed by atoms with Crippen LogP contribution in [0.2, 0.25) is 0 Å². The monoisotopic (exact) mass is 419 g/mol. The fourth-order valence-corrected chi connectivity index (χ4v) is 3.21. The molecule has 0 bridgehead atoms. The van der Waals surface area contributed by atoms with Gasteiger partial charge in [0.25, 0.3) is 10.0 Å². The Hall–Kier alpha value is -1.48. The maximum Gasteiger partial charge on any atom is 0.262 e. The first-order valence-corrected chi connectivity index (χ1v) is 8.53. The number of sulfonamides is 1. The Morgan fingerprint density at radius 1 is 1.00 bits per heavy atom. The van der Waals surface area contributed by atoms with Gasteiger partial charge in [-0.2, -0.15) is 0 Å². The van der Waals surface area contributed by atoms with Gasteiger partial charge in [-0.3, -0.25) is 4.72 Å². The van der Waals surface area contributed by atoms with Crippen molar-refractivity contribution in [2.45, 2.75) is 4.90 Å². The average Bonchev–Trinajstić information content (AvgIpc) is 2.47. The van der Waals surface area contributed by atoms with Crippen molar-refractivity contribution in [1.82, 2.24) is 0 Å². The highest BCUT2D eigenvalue weighted by Gasteiger charge is 2.18. The summed E-state index contributed by atoms with van der Waals surface area (Å²) in [6.45, 7) is 0. The fraction of sp³-hybridized carbons (Fsp3) is 0.143. The normalized spacial score (nSPS) is 11.0. The zero-order chi connectivity index (χ0) is 15.5. The third-order valence-corrected chi connectivity index (χ3v) is 4.87. The van der Waals surface area contributed by atoms with Crippen molar-refractivity contribution in [3.63, 3.8) is 0 Å². The van der Waals surface area contributed by atoms with Crippen LogP contribution in [-0.4, -0.2) is 22.6 Å². The highest BCUT2D eigenvalue weighted by molar-refractivity contribution is 14.1. The van der Waals surface area contributed by atoms with Crippen molar-refractivity contribution >= 4 is 38.3 Å². The molecule has 0 saturated heterocycles. The zero-order valence-electron chi connectivity index (χ0n) is 11.5. The minimum Gasteiger partial charge on any atom is -0.493 e. The molecule has 0 fully saturated rings. The topological polar surface area (TPSA) is 64.6 Å². The van der Waals surface area contributed by atoms with Crippen LogP contribution < -0.4 is 14.2 Å². The summed E-state index contributed by atoms with van der Waals surface area (Å²) in [6.07, 6.45) is 0. The highest BCUT2D eigenvalue weighted by atomic mass is 127. The molecule has 0 saturated carbocycles. The van der Waals surface area contributed by atoms with Gasteiger partial charge in [-0.1, -0.05) is 6.07 Å². The van der Waals surface area contributed by atoms with Gasteiger partial charge in [0.15, 0.2) is 11.5 Å². The molecule has 0 aromatic heterocycles. The number of para-hydroxylation sites is 1. The smallest absolute Gasteiger partial charge is 0.262 e. The molecule has 0 amide bonds. The lowest BCUT2D eigenvalue weighted by atomic mass is 10.3. The lowest BCUT2D eigenvalue weighted by Gasteiger charge is -2.14. The van der Waals surface area contributed by atoms with E-state index in [0.29, 0.717) is 17.2 Å². The molecular weight excluding hydrogens is 405 g/mol. The Kier molecular flexibility index (Phi) is 4.94. The van der Waals surface area contributed by atoms with Crippen LogP contribution in [0, 0.1) is 3.57 Å². The van der Waals surface area contributed by atoms with E-state index in [1.807, 2.05) is 0 Å². The number of hydrogen-bond acceptors (Lipinski definition) is 4. The van der Waals surface area contributed by atoms with E-state index in [2.05, 4.69) is 27.3 Å². The Morgan fingerprint density at radius 2 is 1.67 bits per heavy atom. The molecular formula is C14H14INO4S. The minimum absolute atomic E-state index is 0.188. The van der Waals surface area contributed by atoms with Crippen molar-refractivity contribution in [3.05, 3.63) is 46.0 Å². The van der Waals surface area contributed by atoms with Crippen LogP contribution in [0.15, 0.2) is 47.4 Å². The molecule has 0 unspecified atom stereocenters. The molecule has 0 heterocycles. The molecule has 5 nitrogen and oxygen atoms in total. The summed E-state index contributed by atoms with van der Waals surface area (Å²) >= 11 is 2.12. The first-order valence-electron chi connectivity index (χ1n) is 5.97. The quantitative estimate of drug-likeness (QED) is 0.757. The van der Waals surface area contributed by atoms with Gasteiger partial charge in [0.2, 0.25) is 0 Å². The molecule has 1 N–H and O–H groups in total. The zero-order valence-corrected chi connectivity index (χ0v) is 14.4. The van der Waals surface area contributed by atoms with Gasteiger partial charge >= 0.3 is 0 Å². The number of ether oxygens (including phenoxy) is 2. The largest absolute Gasteiger partial charge is 0.493 e. The molecule has 2 rings (SSSR count). The van der Waals surface area contributed by atoms with Gasteiger partial charge in [0.1, 0.15) is 0 Å². The highest BCUT2D eigenvalue weighted by Crippen LogP contribution is 2.35. The van der Waals surface area contributed by atoms with E-state index < -0.39 is 10.0 Å². The lowest BCUT2D eigenvalue weighted by Crippen LogP contribution is -2.13. The van der Waals surface area contributed by atoms with Crippen molar-refractivity contribution < 1.29 is 17.9 Å². The standard InChI is InChI=1S/C14H14INO4S/c1-19-13-5-3-4-12(14(13)20-2)16-21(17,18)11-8-6-10(15)7-9-11/h3-9,16H,1-2H3. The van der Waals surface area contributed by atoms with Crippen molar-refractivity contribution in [2.75, 3.05) is 18.9 Å². The van der Waals surface area contributed by atoms with E-state index in [0.717, 1.165) is 3.57 Å². The van der Waals surface area contributed by atoms with Gasteiger partial charge in [-0.05, 0) is 59.0 Å². The fourth-order valence-electron chi connectivity index (χ4n) is 1.78. The average molecular weight is 419 g/mol. The summed E-state index contributed by atoms with van der Waals surface area (Å²) in [6, 6.07) is 11.6. The molecule has 0 atom stereocenters. The van der Waals surface area contributed by atoms with E-state index in [9.17, 15) is 8.42 Å². The van der Waals surface area contributed by atoms with Gasteiger partial charge in [0.05, 0.1) is 24.8 Å². The SMILES string of the molecule is COc1cccc(NS(=O)(=O)c2ccc(I)cc2)c1OC. The van der Waals surface area contributed by atoms with Crippen LogP contribution in [0.1, 0.15) is 0 Å². The Balaban J connectivity index is 2.39. The van der Waals surface area contributed by atoms with Gasteiger partial charge in [-0.25, -0.2) is 8.42 Å². The van der Waals surface area contributed by atoms with Crippen LogP contribution in [0.25, 0.3) is 0 Å². The van der Waals surface area contributed by atoms with E-state index in [1.54, 1.807) is 42.5 Å². The van der Waals surface area contributed by atoms with Crippen LogP contribution in [0.5, 0.6) is 11.5 Å². The predicted octanol–water partition coefficient (Wildman–Crippen LogP) is 3.11. The number of hydrogen-bond donors (Lipinski definition) is 1. The van der Waals surface area contributed by atoms with Crippen LogP contribution in [0.4, 0.5) is 5.69 Å². The van der Waals surface area contributed by atoms with Crippen molar-refractivity contribution in [2.24, 2.45) is 0 Å². The summed E-state index contributed by atoms with van der Waals surface area (Å²) in [7, 11) is -0.722. The second-order valence-corrected chi connectivity index (χ2v) is 7.03. The first-order chi connectivity index (χ1) is 9.97. The Bertz CT molecular complexity index is 729. The van der Waals surface area contributed by atoms with Gasteiger partial charge in [-0.15, -0.1) is 0 Å². The number of rotatable bonds is 5. The number of nitrogens with one attached hydrogen (secondary N) is 1. The lowest BCUT2D eigenvalue weighted by molar-refractivity contribution is 0.356. The maximum absolute atomic E-state index is 12.4. The van der Waals surface area contributed by atoms with Gasteiger partial charge < -0.3 is 9.47 Å². The van der Waals surface area contributed by atoms with Crippen LogP contribution in [-0.2, 0) is 10.0 Å². The number of methoxy groups -OCH3 is 2. The van der Waals surface area contributed by atoms with Gasteiger partial charge in [0, 0.05) is 3.57 Å². The Labute approximate surface area is 137 Å².